The molecular formula is C21H26N4O5S. The lowest BCUT2D eigenvalue weighted by Crippen LogP contribution is -2.51. The molecular weight excluding hydrogens is 420 g/mol. The second kappa shape index (κ2) is 10.6. The van der Waals surface area contributed by atoms with Gasteiger partial charge in [-0.1, -0.05) is 36.4 Å². The number of aromatic nitrogens is 1. The molecule has 2 atom stereocenters. The molecule has 1 saturated heterocycles. The number of amides is 1. The summed E-state index contributed by atoms with van der Waals surface area (Å²) in [5.41, 5.74) is 6.85. The smallest absolute Gasteiger partial charge is 0.260 e. The van der Waals surface area contributed by atoms with Crippen LogP contribution in [0.1, 0.15) is 18.4 Å². The van der Waals surface area contributed by atoms with Gasteiger partial charge in [-0.05, 0) is 30.5 Å². The van der Waals surface area contributed by atoms with Crippen LogP contribution in [-0.2, 0) is 31.0 Å². The van der Waals surface area contributed by atoms with Crippen LogP contribution in [0.4, 0.5) is 0 Å². The van der Waals surface area contributed by atoms with Gasteiger partial charge in [-0.2, -0.15) is 4.31 Å². The van der Waals surface area contributed by atoms with Crippen molar-refractivity contribution < 1.29 is 22.7 Å². The Kier molecular flexibility index (Phi) is 7.85. The van der Waals surface area contributed by atoms with E-state index in [4.69, 9.17) is 10.5 Å². The first kappa shape index (κ1) is 23.0. The molecule has 1 aliphatic rings. The number of carbonyl (C=O) groups is 2. The van der Waals surface area contributed by atoms with Gasteiger partial charge in [0.15, 0.2) is 10.8 Å². The van der Waals surface area contributed by atoms with E-state index < -0.39 is 28.0 Å². The molecule has 9 nitrogen and oxygen atoms in total. The highest BCUT2D eigenvalue weighted by Gasteiger charge is 2.34. The molecule has 0 spiro atoms. The molecule has 1 amide bonds. The number of nitrogens with one attached hydrogen (secondary N) is 1. The van der Waals surface area contributed by atoms with Gasteiger partial charge in [0.25, 0.3) is 10.0 Å². The Morgan fingerprint density at radius 3 is 2.68 bits per heavy atom. The minimum absolute atomic E-state index is 0.00180. The van der Waals surface area contributed by atoms with Crippen LogP contribution in [0, 0.1) is 0 Å². The van der Waals surface area contributed by atoms with Gasteiger partial charge in [0.2, 0.25) is 5.91 Å². The second-order valence-corrected chi connectivity index (χ2v) is 9.17. The molecule has 3 N–H and O–H groups in total. The molecule has 2 aromatic rings. The number of ether oxygens (including phenoxy) is 1. The normalized spacial score (nSPS) is 18.9. The number of carbonyl (C=O) groups excluding carboxylic acids is 2. The van der Waals surface area contributed by atoms with Crippen molar-refractivity contribution in [2.75, 3.05) is 19.7 Å². The summed E-state index contributed by atoms with van der Waals surface area (Å²) in [5.74, 6) is -0.893. The third kappa shape index (κ3) is 6.17. The summed E-state index contributed by atoms with van der Waals surface area (Å²) in [6.07, 6.45) is 2.13. The molecule has 0 bridgehead atoms. The van der Waals surface area contributed by atoms with Crippen LogP contribution in [0.3, 0.4) is 0 Å². The highest BCUT2D eigenvalue weighted by Crippen LogP contribution is 2.17. The molecule has 1 aromatic heterocycles. The quantitative estimate of drug-likeness (QED) is 0.602. The van der Waals surface area contributed by atoms with Crippen molar-refractivity contribution in [1.29, 1.82) is 0 Å². The molecule has 10 heteroatoms. The van der Waals surface area contributed by atoms with E-state index in [1.807, 2.05) is 30.3 Å². The Labute approximate surface area is 181 Å². The molecule has 1 aromatic carbocycles. The van der Waals surface area contributed by atoms with E-state index in [0.717, 1.165) is 9.87 Å². The molecule has 0 radical (unpaired) electrons. The third-order valence-electron chi connectivity index (χ3n) is 4.93. The van der Waals surface area contributed by atoms with Gasteiger partial charge in [0, 0.05) is 12.7 Å². The Morgan fingerprint density at radius 1 is 1.23 bits per heavy atom. The van der Waals surface area contributed by atoms with E-state index in [1.165, 1.54) is 12.3 Å². The number of hydrogen-bond donors (Lipinski definition) is 2. The highest BCUT2D eigenvalue weighted by atomic mass is 32.2. The summed E-state index contributed by atoms with van der Waals surface area (Å²) >= 11 is 0. The van der Waals surface area contributed by atoms with Crippen molar-refractivity contribution in [1.82, 2.24) is 14.6 Å². The summed E-state index contributed by atoms with van der Waals surface area (Å²) in [5, 5.41) is 2.53. The molecule has 0 saturated carbocycles. The molecule has 1 aliphatic heterocycles. The average molecular weight is 447 g/mol. The lowest BCUT2D eigenvalue weighted by Gasteiger charge is -2.20. The monoisotopic (exact) mass is 446 g/mol. The standard InChI is InChI=1S/C21H26N4O5S/c22-17(15-30-14-16-7-2-1-3-8-16)21(27)24-18-9-6-12-25(13-19(18)26)31(28,29)20-10-4-5-11-23-20/h1-5,7-8,10-11,17-18H,6,9,12-15,22H2,(H,24,27)/t17-,18?/m0/s1. The van der Waals surface area contributed by atoms with Gasteiger partial charge in [-0.15, -0.1) is 0 Å². The van der Waals surface area contributed by atoms with E-state index >= 15 is 0 Å². The van der Waals surface area contributed by atoms with Crippen LogP contribution in [0.15, 0.2) is 59.8 Å². The van der Waals surface area contributed by atoms with Crippen LogP contribution < -0.4 is 11.1 Å². The fraction of sp³-hybridized carbons (Fsp3) is 0.381. The Hall–Kier alpha value is -2.66. The number of ketones is 1. The molecule has 3 rings (SSSR count). The molecule has 1 fully saturated rings. The van der Waals surface area contributed by atoms with Gasteiger partial charge >= 0.3 is 0 Å². The first-order valence-electron chi connectivity index (χ1n) is 9.99. The van der Waals surface area contributed by atoms with Crippen LogP contribution in [0.25, 0.3) is 0 Å². The summed E-state index contributed by atoms with van der Waals surface area (Å²) in [6, 6.07) is 12.3. The van der Waals surface area contributed by atoms with Crippen molar-refractivity contribution in [3.8, 4) is 0 Å². The lowest BCUT2D eigenvalue weighted by atomic mass is 10.1. The largest absolute Gasteiger partial charge is 0.375 e. The number of hydrogen-bond acceptors (Lipinski definition) is 7. The second-order valence-electron chi connectivity index (χ2n) is 7.28. The van der Waals surface area contributed by atoms with Crippen molar-refractivity contribution in [2.24, 2.45) is 5.73 Å². The average Bonchev–Trinajstić information content (AvgIpc) is 2.97. The third-order valence-corrected chi connectivity index (χ3v) is 6.69. The zero-order valence-corrected chi connectivity index (χ0v) is 17.8. The van der Waals surface area contributed by atoms with E-state index in [-0.39, 0.29) is 30.5 Å². The zero-order chi connectivity index (χ0) is 22.3. The predicted molar refractivity (Wildman–Crippen MR) is 113 cm³/mol. The fourth-order valence-corrected chi connectivity index (χ4v) is 4.59. The van der Waals surface area contributed by atoms with Gasteiger partial charge in [-0.3, -0.25) is 9.59 Å². The van der Waals surface area contributed by atoms with Crippen molar-refractivity contribution >= 4 is 21.7 Å². The van der Waals surface area contributed by atoms with E-state index in [9.17, 15) is 18.0 Å². The lowest BCUT2D eigenvalue weighted by molar-refractivity contribution is -0.129. The number of sulfonamides is 1. The van der Waals surface area contributed by atoms with Crippen molar-refractivity contribution in [3.05, 3.63) is 60.3 Å². The van der Waals surface area contributed by atoms with Crippen molar-refractivity contribution in [3.63, 3.8) is 0 Å². The summed E-state index contributed by atoms with van der Waals surface area (Å²) in [4.78, 5) is 28.9. The Bertz CT molecular complexity index is 985. The SMILES string of the molecule is N[C@@H](COCc1ccccc1)C(=O)NC1CCCN(S(=O)(=O)c2ccccn2)CC1=O. The molecule has 166 valence electrons. The Balaban J connectivity index is 1.53. The summed E-state index contributed by atoms with van der Waals surface area (Å²) in [6.45, 7) is 0.166. The van der Waals surface area contributed by atoms with Crippen molar-refractivity contribution in [2.45, 2.75) is 36.6 Å². The predicted octanol–water partition coefficient (Wildman–Crippen LogP) is 0.464. The number of pyridine rings is 1. The van der Waals surface area contributed by atoms with Crippen LogP contribution in [0.5, 0.6) is 0 Å². The zero-order valence-electron chi connectivity index (χ0n) is 17.0. The van der Waals surface area contributed by atoms with E-state index in [2.05, 4.69) is 10.3 Å². The molecule has 2 heterocycles. The summed E-state index contributed by atoms with van der Waals surface area (Å²) in [7, 11) is -3.88. The van der Waals surface area contributed by atoms with Gasteiger partial charge in [0.1, 0.15) is 6.04 Å². The number of benzene rings is 1. The molecule has 31 heavy (non-hydrogen) atoms. The summed E-state index contributed by atoms with van der Waals surface area (Å²) < 4.78 is 32.1. The van der Waals surface area contributed by atoms with E-state index in [1.54, 1.807) is 12.1 Å². The molecule has 0 aliphatic carbocycles. The first-order chi connectivity index (χ1) is 14.9. The minimum atomic E-state index is -3.88. The Morgan fingerprint density at radius 2 is 1.97 bits per heavy atom. The number of nitrogens with zero attached hydrogens (tertiary/aromatic N) is 2. The number of rotatable bonds is 8. The van der Waals surface area contributed by atoms with Crippen LogP contribution in [-0.4, -0.2) is 61.2 Å². The van der Waals surface area contributed by atoms with Crippen LogP contribution in [0.2, 0.25) is 0 Å². The first-order valence-corrected chi connectivity index (χ1v) is 11.4. The fourth-order valence-electron chi connectivity index (χ4n) is 3.22. The van der Waals surface area contributed by atoms with Gasteiger partial charge < -0.3 is 15.8 Å². The topological polar surface area (TPSA) is 132 Å². The highest BCUT2D eigenvalue weighted by molar-refractivity contribution is 7.89. The molecule has 1 unspecified atom stereocenters. The van der Waals surface area contributed by atoms with E-state index in [0.29, 0.717) is 19.4 Å². The van der Waals surface area contributed by atoms with Gasteiger partial charge in [-0.25, -0.2) is 13.4 Å². The maximum atomic E-state index is 12.7. The van der Waals surface area contributed by atoms with Gasteiger partial charge in [0.05, 0.1) is 25.8 Å². The minimum Gasteiger partial charge on any atom is -0.375 e. The number of nitrogens with two attached hydrogens (primary N) is 1. The van der Waals surface area contributed by atoms with Crippen LogP contribution >= 0.6 is 0 Å². The maximum Gasteiger partial charge on any atom is 0.260 e. The number of Topliss-reactive ketones (excluding diaryl/α,β-unsaturated/α-hetero) is 1. The maximum absolute atomic E-state index is 12.7.